The fraction of sp³-hybridized carbons (Fsp3) is 0.375. The number of hydrogen-bond acceptors (Lipinski definition) is 2. The van der Waals surface area contributed by atoms with Crippen LogP contribution < -0.4 is 0 Å². The largest absolute Gasteiger partial charge is 0.292 e. The van der Waals surface area contributed by atoms with Crippen LogP contribution in [0.2, 0.25) is 0 Å². The van der Waals surface area contributed by atoms with Crippen LogP contribution in [0.25, 0.3) is 0 Å². The Labute approximate surface area is 113 Å². The molecule has 0 spiro atoms. The van der Waals surface area contributed by atoms with Crippen LogP contribution in [0.1, 0.15) is 47.3 Å². The molecule has 1 aliphatic carbocycles. The minimum atomic E-state index is 0.0171. The zero-order chi connectivity index (χ0) is 13.2. The highest BCUT2D eigenvalue weighted by Gasteiger charge is 2.30. The number of fused-ring (bicyclic) bond motifs is 1. The first-order chi connectivity index (χ1) is 9.31. The third kappa shape index (κ3) is 2.09. The van der Waals surface area contributed by atoms with Gasteiger partial charge in [-0.05, 0) is 36.5 Å². The zero-order valence-electron chi connectivity index (χ0n) is 11.2. The molecule has 0 saturated heterocycles. The van der Waals surface area contributed by atoms with Crippen LogP contribution in [0.4, 0.5) is 0 Å². The quantitative estimate of drug-likeness (QED) is 0.785. The van der Waals surface area contributed by atoms with Gasteiger partial charge >= 0.3 is 0 Å². The second-order valence-electron chi connectivity index (χ2n) is 5.09. The summed E-state index contributed by atoms with van der Waals surface area (Å²) in [5, 5.41) is 4.25. The lowest BCUT2D eigenvalue weighted by molar-refractivity contribution is 0.0948. The number of aromatic nitrogens is 2. The molecular formula is C16H18N2O. The molecule has 0 bridgehead atoms. The molecule has 1 heterocycles. The van der Waals surface area contributed by atoms with E-state index in [1.54, 1.807) is 6.20 Å². The van der Waals surface area contributed by atoms with Crippen molar-refractivity contribution in [1.29, 1.82) is 0 Å². The molecule has 3 nitrogen and oxygen atoms in total. The number of aryl methyl sites for hydroxylation is 2. The fourth-order valence-electron chi connectivity index (χ4n) is 2.94. The Morgan fingerprint density at radius 1 is 1.37 bits per heavy atom. The maximum atomic E-state index is 12.7. The lowest BCUT2D eigenvalue weighted by Crippen LogP contribution is -2.16. The van der Waals surface area contributed by atoms with Gasteiger partial charge in [-0.15, -0.1) is 0 Å². The maximum absolute atomic E-state index is 12.7. The van der Waals surface area contributed by atoms with Gasteiger partial charge in [-0.1, -0.05) is 31.2 Å². The topological polar surface area (TPSA) is 34.9 Å². The summed E-state index contributed by atoms with van der Waals surface area (Å²) >= 11 is 0. The van der Waals surface area contributed by atoms with Gasteiger partial charge in [0.15, 0.2) is 5.78 Å². The van der Waals surface area contributed by atoms with Gasteiger partial charge in [0.25, 0.3) is 0 Å². The van der Waals surface area contributed by atoms with E-state index in [1.807, 2.05) is 22.9 Å². The highest BCUT2D eigenvalue weighted by Crippen LogP contribution is 2.35. The molecule has 0 aliphatic heterocycles. The number of nitrogens with zero attached hydrogens (tertiary/aromatic N) is 2. The van der Waals surface area contributed by atoms with Crippen molar-refractivity contribution in [2.24, 2.45) is 0 Å². The van der Waals surface area contributed by atoms with Crippen LogP contribution >= 0.6 is 0 Å². The van der Waals surface area contributed by atoms with Crippen molar-refractivity contribution in [3.63, 3.8) is 0 Å². The second-order valence-corrected chi connectivity index (χ2v) is 5.09. The first kappa shape index (κ1) is 12.2. The van der Waals surface area contributed by atoms with Gasteiger partial charge in [0.05, 0.1) is 0 Å². The minimum absolute atomic E-state index is 0.0171. The second kappa shape index (κ2) is 5.00. The molecule has 1 aliphatic rings. The molecule has 1 aromatic carbocycles. The normalized spacial score (nSPS) is 17.4. The minimum Gasteiger partial charge on any atom is -0.292 e. The molecule has 0 radical (unpaired) electrons. The molecule has 1 aromatic heterocycles. The first-order valence-electron chi connectivity index (χ1n) is 6.95. The number of carbonyl (C=O) groups excluding carboxylic acids is 1. The summed E-state index contributed by atoms with van der Waals surface area (Å²) in [6.45, 7) is 2.91. The Kier molecular flexibility index (Phi) is 3.20. The van der Waals surface area contributed by atoms with Gasteiger partial charge in [-0.25, -0.2) is 0 Å². The summed E-state index contributed by atoms with van der Waals surface area (Å²) < 4.78 is 1.84. The smallest absolute Gasteiger partial charge is 0.188 e. The summed E-state index contributed by atoms with van der Waals surface area (Å²) in [5.74, 6) is 0.236. The molecular weight excluding hydrogens is 236 g/mol. The average Bonchev–Trinajstić information content (AvgIpc) is 3.04. The third-order valence-electron chi connectivity index (χ3n) is 3.85. The lowest BCUT2D eigenvalue weighted by Gasteiger charge is -2.12. The van der Waals surface area contributed by atoms with Crippen molar-refractivity contribution >= 4 is 5.78 Å². The van der Waals surface area contributed by atoms with Crippen molar-refractivity contribution in [3.05, 3.63) is 53.3 Å². The van der Waals surface area contributed by atoms with E-state index in [2.05, 4.69) is 24.2 Å². The molecule has 1 atom stereocenters. The summed E-state index contributed by atoms with van der Waals surface area (Å²) in [5.41, 5.74) is 3.28. The Balaban J connectivity index is 1.91. The molecule has 0 N–H and O–H groups in total. The highest BCUT2D eigenvalue weighted by atomic mass is 16.1. The molecule has 3 heteroatoms. The van der Waals surface area contributed by atoms with Crippen molar-refractivity contribution in [2.45, 2.75) is 38.6 Å². The number of rotatable bonds is 4. The van der Waals surface area contributed by atoms with Gasteiger partial charge in [-0.2, -0.15) is 5.10 Å². The van der Waals surface area contributed by atoms with Gasteiger partial charge in [-0.3, -0.25) is 9.48 Å². The van der Waals surface area contributed by atoms with Crippen LogP contribution in [0.15, 0.2) is 36.5 Å². The monoisotopic (exact) mass is 254 g/mol. The Bertz CT molecular complexity index is 600. The van der Waals surface area contributed by atoms with Crippen molar-refractivity contribution in [3.8, 4) is 0 Å². The van der Waals surface area contributed by atoms with Gasteiger partial charge in [0.1, 0.15) is 5.69 Å². The standard InChI is InChI=1S/C16H18N2O/c1-2-11-18-15(9-10-17-18)16(19)14-8-7-12-5-3-4-6-13(12)14/h3-6,9-10,14H,2,7-8,11H2,1H3. The van der Waals surface area contributed by atoms with Crippen molar-refractivity contribution in [1.82, 2.24) is 9.78 Å². The Morgan fingerprint density at radius 3 is 3.05 bits per heavy atom. The van der Waals surface area contributed by atoms with E-state index in [9.17, 15) is 4.79 Å². The van der Waals surface area contributed by atoms with Crippen LogP contribution in [0.3, 0.4) is 0 Å². The van der Waals surface area contributed by atoms with Crippen LogP contribution in [0.5, 0.6) is 0 Å². The Morgan fingerprint density at radius 2 is 2.21 bits per heavy atom. The van der Waals surface area contributed by atoms with E-state index in [4.69, 9.17) is 0 Å². The van der Waals surface area contributed by atoms with E-state index >= 15 is 0 Å². The summed E-state index contributed by atoms with van der Waals surface area (Å²) in [6, 6.07) is 10.1. The van der Waals surface area contributed by atoms with E-state index in [0.717, 1.165) is 31.5 Å². The summed E-state index contributed by atoms with van der Waals surface area (Å²) in [6.07, 6.45) is 4.65. The number of hydrogen-bond donors (Lipinski definition) is 0. The first-order valence-corrected chi connectivity index (χ1v) is 6.95. The van der Waals surface area contributed by atoms with Crippen LogP contribution in [0, 0.1) is 0 Å². The Hall–Kier alpha value is -1.90. The van der Waals surface area contributed by atoms with Crippen LogP contribution in [-0.2, 0) is 13.0 Å². The molecule has 0 amide bonds. The molecule has 2 aromatic rings. The van der Waals surface area contributed by atoms with Crippen molar-refractivity contribution < 1.29 is 4.79 Å². The molecule has 1 unspecified atom stereocenters. The molecule has 19 heavy (non-hydrogen) atoms. The number of Topliss-reactive ketones (excluding diaryl/α,β-unsaturated/α-hetero) is 1. The maximum Gasteiger partial charge on any atom is 0.188 e. The molecule has 0 fully saturated rings. The predicted octanol–water partition coefficient (Wildman–Crippen LogP) is 3.21. The summed E-state index contributed by atoms with van der Waals surface area (Å²) in [7, 11) is 0. The summed E-state index contributed by atoms with van der Waals surface area (Å²) in [4.78, 5) is 12.7. The SMILES string of the molecule is CCCn1nccc1C(=O)C1CCc2ccccc21. The van der Waals surface area contributed by atoms with E-state index < -0.39 is 0 Å². The van der Waals surface area contributed by atoms with Gasteiger partial charge in [0, 0.05) is 18.7 Å². The number of benzene rings is 1. The predicted molar refractivity (Wildman–Crippen MR) is 74.4 cm³/mol. The molecule has 0 saturated carbocycles. The van der Waals surface area contributed by atoms with E-state index in [1.165, 1.54) is 11.1 Å². The molecule has 98 valence electrons. The van der Waals surface area contributed by atoms with Crippen LogP contribution in [-0.4, -0.2) is 15.6 Å². The number of ketones is 1. The average molecular weight is 254 g/mol. The highest BCUT2D eigenvalue weighted by molar-refractivity contribution is 6.00. The van der Waals surface area contributed by atoms with Gasteiger partial charge in [0.2, 0.25) is 0 Å². The van der Waals surface area contributed by atoms with E-state index in [-0.39, 0.29) is 11.7 Å². The van der Waals surface area contributed by atoms with E-state index in [0.29, 0.717) is 0 Å². The fourth-order valence-corrected chi connectivity index (χ4v) is 2.94. The zero-order valence-corrected chi connectivity index (χ0v) is 11.2. The third-order valence-corrected chi connectivity index (χ3v) is 3.85. The number of carbonyl (C=O) groups is 1. The lowest BCUT2D eigenvalue weighted by atomic mass is 9.95. The van der Waals surface area contributed by atoms with Gasteiger partial charge < -0.3 is 0 Å². The molecule has 3 rings (SSSR count). The van der Waals surface area contributed by atoms with Crippen molar-refractivity contribution in [2.75, 3.05) is 0 Å².